The largest absolute Gasteiger partial charge is 0.0877 e. The fourth-order valence-corrected chi connectivity index (χ4v) is 0.582. The van der Waals surface area contributed by atoms with Crippen molar-refractivity contribution in [1.82, 2.24) is 0 Å². The normalized spacial score (nSPS) is 13.3. The van der Waals surface area contributed by atoms with E-state index in [1.54, 1.807) is 0 Å². The van der Waals surface area contributed by atoms with Crippen LogP contribution < -0.4 is 0 Å². The Morgan fingerprint density at radius 3 is 1.91 bits per heavy atom. The van der Waals surface area contributed by atoms with Gasteiger partial charge < -0.3 is 0 Å². The fraction of sp³-hybridized carbons (Fsp3) is 0.273. The fourth-order valence-electron chi connectivity index (χ4n) is 0.582. The Kier molecular flexibility index (Phi) is 8.11. The van der Waals surface area contributed by atoms with Crippen molar-refractivity contribution in [3.63, 3.8) is 0 Å². The molecule has 0 fully saturated rings. The first-order chi connectivity index (χ1) is 5.41. The van der Waals surface area contributed by atoms with Crippen LogP contribution in [0, 0.1) is 0 Å². The zero-order valence-corrected chi connectivity index (χ0v) is 7.33. The summed E-state index contributed by atoms with van der Waals surface area (Å²) in [5.41, 5.74) is 0. The van der Waals surface area contributed by atoms with Crippen molar-refractivity contribution < 1.29 is 0 Å². The van der Waals surface area contributed by atoms with Gasteiger partial charge in [-0.25, -0.2) is 0 Å². The van der Waals surface area contributed by atoms with Crippen molar-refractivity contribution in [3.8, 4) is 0 Å². The van der Waals surface area contributed by atoms with Crippen LogP contribution in [0.1, 0.15) is 20.3 Å². The highest BCUT2D eigenvalue weighted by atomic mass is 13.7. The van der Waals surface area contributed by atoms with E-state index in [4.69, 9.17) is 0 Å². The minimum atomic E-state index is 1.10. The summed E-state index contributed by atoms with van der Waals surface area (Å²) in [4.78, 5) is 0. The van der Waals surface area contributed by atoms with E-state index in [-0.39, 0.29) is 0 Å². The molecule has 0 spiro atoms. The van der Waals surface area contributed by atoms with Crippen LogP contribution in [0.3, 0.4) is 0 Å². The first kappa shape index (κ1) is 9.96. The summed E-state index contributed by atoms with van der Waals surface area (Å²) in [6, 6.07) is 0. The van der Waals surface area contributed by atoms with Crippen LogP contribution in [0.25, 0.3) is 0 Å². The maximum Gasteiger partial charge on any atom is -0.0376 e. The summed E-state index contributed by atoms with van der Waals surface area (Å²) in [6.45, 7) is 4.13. The summed E-state index contributed by atoms with van der Waals surface area (Å²) in [6.07, 6.45) is 17.4. The molecule has 60 valence electrons. The van der Waals surface area contributed by atoms with Crippen LogP contribution in [0.2, 0.25) is 0 Å². The molecule has 0 heteroatoms. The van der Waals surface area contributed by atoms with Gasteiger partial charge in [0.2, 0.25) is 0 Å². The minimum Gasteiger partial charge on any atom is -0.0877 e. The number of rotatable bonds is 4. The van der Waals surface area contributed by atoms with Crippen LogP contribution >= 0.6 is 0 Å². The Balaban J connectivity index is 3.51. The second-order valence-corrected chi connectivity index (χ2v) is 2.13. The molecule has 0 aromatic heterocycles. The van der Waals surface area contributed by atoms with Gasteiger partial charge in [-0.15, -0.1) is 0 Å². The van der Waals surface area contributed by atoms with Crippen molar-refractivity contribution in [2.75, 3.05) is 0 Å². The Morgan fingerprint density at radius 2 is 1.36 bits per heavy atom. The van der Waals surface area contributed by atoms with Crippen molar-refractivity contribution >= 4 is 0 Å². The highest BCUT2D eigenvalue weighted by Gasteiger charge is 1.62. The molecule has 0 bridgehead atoms. The molecule has 0 amide bonds. The van der Waals surface area contributed by atoms with Crippen molar-refractivity contribution in [3.05, 3.63) is 48.6 Å². The van der Waals surface area contributed by atoms with Crippen LogP contribution in [0.15, 0.2) is 48.6 Å². The Hall–Kier alpha value is -1.04. The first-order valence-electron chi connectivity index (χ1n) is 4.03. The smallest absolute Gasteiger partial charge is 0.0376 e. The molecule has 0 radical (unpaired) electrons. The molecule has 0 unspecified atom stereocenters. The summed E-state index contributed by atoms with van der Waals surface area (Å²) in [5.74, 6) is 0. The predicted octanol–water partition coefficient (Wildman–Crippen LogP) is 3.64. The maximum atomic E-state index is 2.12. The molecule has 0 aromatic rings. The third kappa shape index (κ3) is 8.96. The molecule has 0 atom stereocenters. The second-order valence-electron chi connectivity index (χ2n) is 2.13. The molecular formula is C11H16. The molecular weight excluding hydrogens is 132 g/mol. The standard InChI is InChI=1S/C11H16/c1-3-5-7-9-11-10-8-6-4-2/h3,5-11H,4H2,1-2H3/b5-3-,8-6+,9-7+,11-10+. The topological polar surface area (TPSA) is 0 Å². The Morgan fingerprint density at radius 1 is 0.818 bits per heavy atom. The molecule has 0 N–H and O–H groups in total. The average Bonchev–Trinajstić information content (AvgIpc) is 2.03. The van der Waals surface area contributed by atoms with Crippen molar-refractivity contribution in [2.24, 2.45) is 0 Å². The molecule has 0 aliphatic rings. The van der Waals surface area contributed by atoms with E-state index < -0.39 is 0 Å². The summed E-state index contributed by atoms with van der Waals surface area (Å²) >= 11 is 0. The van der Waals surface area contributed by atoms with E-state index in [0.717, 1.165) is 6.42 Å². The molecule has 0 aliphatic heterocycles. The third-order valence-corrected chi connectivity index (χ3v) is 1.12. The van der Waals surface area contributed by atoms with Gasteiger partial charge in [-0.2, -0.15) is 0 Å². The first-order valence-corrected chi connectivity index (χ1v) is 4.03. The summed E-state index contributed by atoms with van der Waals surface area (Å²) in [7, 11) is 0. The van der Waals surface area contributed by atoms with E-state index >= 15 is 0 Å². The Bertz CT molecular complexity index is 168. The van der Waals surface area contributed by atoms with E-state index in [1.807, 2.05) is 43.4 Å². The monoisotopic (exact) mass is 148 g/mol. The highest BCUT2D eigenvalue weighted by Crippen LogP contribution is 1.83. The molecule has 0 aliphatic carbocycles. The van der Waals surface area contributed by atoms with E-state index in [0.29, 0.717) is 0 Å². The second kappa shape index (κ2) is 8.96. The zero-order chi connectivity index (χ0) is 8.36. The lowest BCUT2D eigenvalue weighted by Gasteiger charge is -1.74. The van der Waals surface area contributed by atoms with E-state index in [2.05, 4.69) is 19.1 Å². The minimum absolute atomic E-state index is 1.10. The van der Waals surface area contributed by atoms with Gasteiger partial charge >= 0.3 is 0 Å². The lowest BCUT2D eigenvalue weighted by Crippen LogP contribution is -1.52. The molecule has 0 aromatic carbocycles. The van der Waals surface area contributed by atoms with Gasteiger partial charge in [0.05, 0.1) is 0 Å². The molecule has 11 heavy (non-hydrogen) atoms. The predicted molar refractivity (Wildman–Crippen MR) is 52.5 cm³/mol. The van der Waals surface area contributed by atoms with Gasteiger partial charge in [0.1, 0.15) is 0 Å². The molecule has 0 nitrogen and oxygen atoms in total. The van der Waals surface area contributed by atoms with E-state index in [9.17, 15) is 0 Å². The lowest BCUT2D eigenvalue weighted by atomic mass is 10.3. The van der Waals surface area contributed by atoms with Crippen molar-refractivity contribution in [1.29, 1.82) is 0 Å². The number of hydrogen-bond donors (Lipinski definition) is 0. The zero-order valence-electron chi connectivity index (χ0n) is 7.33. The van der Waals surface area contributed by atoms with Gasteiger partial charge in [0.15, 0.2) is 0 Å². The van der Waals surface area contributed by atoms with Gasteiger partial charge in [-0.1, -0.05) is 55.5 Å². The quantitative estimate of drug-likeness (QED) is 0.534. The van der Waals surface area contributed by atoms with Gasteiger partial charge in [-0.3, -0.25) is 0 Å². The number of hydrogen-bond acceptors (Lipinski definition) is 0. The van der Waals surface area contributed by atoms with E-state index in [1.165, 1.54) is 0 Å². The third-order valence-electron chi connectivity index (χ3n) is 1.12. The van der Waals surface area contributed by atoms with Crippen LogP contribution in [0.4, 0.5) is 0 Å². The van der Waals surface area contributed by atoms with Crippen LogP contribution in [-0.2, 0) is 0 Å². The summed E-state index contributed by atoms with van der Waals surface area (Å²) < 4.78 is 0. The average molecular weight is 148 g/mol. The van der Waals surface area contributed by atoms with Gasteiger partial charge in [0, 0.05) is 0 Å². The highest BCUT2D eigenvalue weighted by molar-refractivity contribution is 5.14. The van der Waals surface area contributed by atoms with Gasteiger partial charge in [0.25, 0.3) is 0 Å². The van der Waals surface area contributed by atoms with Crippen LogP contribution in [0.5, 0.6) is 0 Å². The molecule has 0 heterocycles. The maximum absolute atomic E-state index is 2.12. The Labute approximate surface area is 69.6 Å². The van der Waals surface area contributed by atoms with Crippen LogP contribution in [-0.4, -0.2) is 0 Å². The SMILES string of the molecule is C\C=C/C=C/C=C/C=C/CC. The van der Waals surface area contributed by atoms with Gasteiger partial charge in [-0.05, 0) is 13.3 Å². The summed E-state index contributed by atoms with van der Waals surface area (Å²) in [5, 5.41) is 0. The molecule has 0 rings (SSSR count). The number of allylic oxidation sites excluding steroid dienone is 8. The molecule has 0 saturated heterocycles. The lowest BCUT2D eigenvalue weighted by molar-refractivity contribution is 1.22. The molecule has 0 saturated carbocycles. The van der Waals surface area contributed by atoms with Crippen molar-refractivity contribution in [2.45, 2.75) is 20.3 Å².